The second-order valence-electron chi connectivity index (χ2n) is 19.5. The van der Waals surface area contributed by atoms with Crippen LogP contribution < -0.4 is 9.80 Å². The van der Waals surface area contributed by atoms with E-state index in [-0.39, 0.29) is 0 Å². The SMILES string of the molecule is c1ccc(N(c2cc(N(c3ccccc3)c3cccc4c3oc3ccccc34)c3cc4c(cc3c2)C(c2ccccc2)(c2ccccc2)c2ccccc2-4)c2ccc3c4ccccc4c4ccccc4c3c2)cc1. The van der Waals surface area contributed by atoms with Gasteiger partial charge in [0.2, 0.25) is 0 Å². The van der Waals surface area contributed by atoms with E-state index < -0.39 is 5.41 Å². The first-order chi connectivity index (χ1) is 36.7. The Morgan fingerprint density at radius 3 is 1.46 bits per heavy atom. The van der Waals surface area contributed by atoms with Gasteiger partial charge in [0.05, 0.1) is 16.8 Å². The third-order valence-electron chi connectivity index (χ3n) is 15.6. The first-order valence-corrected chi connectivity index (χ1v) is 25.5. The van der Waals surface area contributed by atoms with Gasteiger partial charge < -0.3 is 14.2 Å². The molecule has 0 fully saturated rings. The van der Waals surface area contributed by atoms with E-state index in [0.29, 0.717) is 0 Å². The van der Waals surface area contributed by atoms with Crippen LogP contribution in [0.3, 0.4) is 0 Å². The summed E-state index contributed by atoms with van der Waals surface area (Å²) in [5, 5.41) is 11.9. The Morgan fingerprint density at radius 1 is 0.270 bits per heavy atom. The Kier molecular flexibility index (Phi) is 9.48. The van der Waals surface area contributed by atoms with Crippen molar-refractivity contribution in [3.05, 3.63) is 301 Å². The average molecular weight is 943 g/mol. The first kappa shape index (κ1) is 42.0. The zero-order chi connectivity index (χ0) is 48.7. The number of para-hydroxylation sites is 4. The number of rotatable bonds is 8. The van der Waals surface area contributed by atoms with Gasteiger partial charge in [0.25, 0.3) is 0 Å². The van der Waals surface area contributed by atoms with Crippen molar-refractivity contribution in [3.8, 4) is 11.1 Å². The number of hydrogen-bond donors (Lipinski definition) is 0. The third kappa shape index (κ3) is 6.27. The number of anilines is 6. The van der Waals surface area contributed by atoms with Gasteiger partial charge in [0, 0.05) is 38.9 Å². The first-order valence-electron chi connectivity index (χ1n) is 25.5. The van der Waals surface area contributed by atoms with E-state index in [4.69, 9.17) is 4.42 Å². The Labute approximate surface area is 429 Å². The number of fused-ring (bicyclic) bond motifs is 13. The zero-order valence-corrected chi connectivity index (χ0v) is 40.4. The maximum atomic E-state index is 6.94. The van der Waals surface area contributed by atoms with Gasteiger partial charge in [-0.3, -0.25) is 0 Å². The van der Waals surface area contributed by atoms with Crippen LogP contribution in [0.2, 0.25) is 0 Å². The summed E-state index contributed by atoms with van der Waals surface area (Å²) in [6.45, 7) is 0. The fraction of sp³-hybridized carbons (Fsp3) is 0.0141. The molecule has 0 N–H and O–H groups in total. The molecule has 0 atom stereocenters. The highest BCUT2D eigenvalue weighted by molar-refractivity contribution is 6.26. The standard InChI is InChI=1S/C71H46N2O/c1-5-22-48(23-6-1)71(49-24-7-2-8-25-49)65-37-19-17-34-59(65)64-46-62-47(43-66(64)71)42-53(45-68(62)73(51-28-11-4-12-29-51)67-38-21-36-61-60-35-18-20-39-69(60)74-70(61)67)72(50-26-9-3-10-27-50)52-40-41-58-56-32-14-13-30-54(56)55-31-15-16-33-57(55)63(58)44-52/h1-46H. The molecule has 15 rings (SSSR count). The molecule has 0 amide bonds. The molecule has 0 saturated heterocycles. The van der Waals surface area contributed by atoms with Crippen molar-refractivity contribution in [1.82, 2.24) is 0 Å². The second kappa shape index (κ2) is 16.7. The highest BCUT2D eigenvalue weighted by Crippen LogP contribution is 2.58. The van der Waals surface area contributed by atoms with Crippen LogP contribution in [0, 0.1) is 0 Å². The highest BCUT2D eigenvalue weighted by Gasteiger charge is 2.46. The van der Waals surface area contributed by atoms with E-state index >= 15 is 0 Å². The van der Waals surface area contributed by atoms with E-state index in [1.54, 1.807) is 0 Å². The molecule has 74 heavy (non-hydrogen) atoms. The smallest absolute Gasteiger partial charge is 0.159 e. The Hall–Kier alpha value is -9.70. The van der Waals surface area contributed by atoms with Crippen LogP contribution in [0.4, 0.5) is 34.1 Å². The van der Waals surface area contributed by atoms with Gasteiger partial charge in [-0.1, -0.05) is 206 Å². The molecular weight excluding hydrogens is 897 g/mol. The van der Waals surface area contributed by atoms with E-state index in [2.05, 4.69) is 289 Å². The fourth-order valence-corrected chi connectivity index (χ4v) is 12.5. The predicted molar refractivity (Wildman–Crippen MR) is 310 cm³/mol. The summed E-state index contributed by atoms with van der Waals surface area (Å²) in [6, 6.07) is 102. The molecule has 0 saturated carbocycles. The molecule has 1 aliphatic carbocycles. The van der Waals surface area contributed by atoms with Gasteiger partial charge >= 0.3 is 0 Å². The largest absolute Gasteiger partial charge is 0.454 e. The molecule has 14 aromatic rings. The fourth-order valence-electron chi connectivity index (χ4n) is 12.5. The molecule has 0 aliphatic heterocycles. The molecule has 346 valence electrons. The topological polar surface area (TPSA) is 19.6 Å². The summed E-state index contributed by atoms with van der Waals surface area (Å²) < 4.78 is 6.94. The third-order valence-corrected chi connectivity index (χ3v) is 15.6. The normalized spacial score (nSPS) is 12.7. The van der Waals surface area contributed by atoms with Gasteiger partial charge in [-0.2, -0.15) is 0 Å². The molecule has 0 bridgehead atoms. The van der Waals surface area contributed by atoms with Gasteiger partial charge in [-0.15, -0.1) is 0 Å². The van der Waals surface area contributed by atoms with Crippen molar-refractivity contribution in [3.63, 3.8) is 0 Å². The second-order valence-corrected chi connectivity index (χ2v) is 19.5. The number of nitrogens with zero attached hydrogens (tertiary/aromatic N) is 2. The van der Waals surface area contributed by atoms with E-state index in [9.17, 15) is 0 Å². The lowest BCUT2D eigenvalue weighted by Gasteiger charge is -2.34. The quantitative estimate of drug-likeness (QED) is 0.142. The summed E-state index contributed by atoms with van der Waals surface area (Å²) in [7, 11) is 0. The lowest BCUT2D eigenvalue weighted by atomic mass is 9.67. The summed E-state index contributed by atoms with van der Waals surface area (Å²) in [5.41, 5.74) is 14.7. The maximum Gasteiger partial charge on any atom is 0.159 e. The minimum absolute atomic E-state index is 0.584. The lowest BCUT2D eigenvalue weighted by molar-refractivity contribution is 0.669. The Morgan fingerprint density at radius 2 is 0.797 bits per heavy atom. The summed E-state index contributed by atoms with van der Waals surface area (Å²) in [5.74, 6) is 0. The van der Waals surface area contributed by atoms with Gasteiger partial charge in [0.1, 0.15) is 5.58 Å². The highest BCUT2D eigenvalue weighted by atomic mass is 16.3. The molecule has 0 spiro atoms. The minimum Gasteiger partial charge on any atom is -0.454 e. The van der Waals surface area contributed by atoms with E-state index in [0.717, 1.165) is 66.8 Å². The summed E-state index contributed by atoms with van der Waals surface area (Å²) >= 11 is 0. The summed E-state index contributed by atoms with van der Waals surface area (Å²) in [6.07, 6.45) is 0. The molecule has 3 heteroatoms. The minimum atomic E-state index is -0.584. The molecule has 3 nitrogen and oxygen atoms in total. The van der Waals surface area contributed by atoms with Gasteiger partial charge in [-0.25, -0.2) is 0 Å². The van der Waals surface area contributed by atoms with Crippen molar-refractivity contribution >= 4 is 99.2 Å². The molecule has 1 aromatic heterocycles. The van der Waals surface area contributed by atoms with E-state index in [1.807, 2.05) is 0 Å². The molecule has 1 aliphatic rings. The average Bonchev–Trinajstić information content (AvgIpc) is 4.04. The van der Waals surface area contributed by atoms with Gasteiger partial charge in [-0.05, 0) is 144 Å². The summed E-state index contributed by atoms with van der Waals surface area (Å²) in [4.78, 5) is 4.87. The Bertz CT molecular complexity index is 4410. The molecular formula is C71H46N2O. The van der Waals surface area contributed by atoms with E-state index in [1.165, 1.54) is 65.7 Å². The Balaban J connectivity index is 1.08. The molecule has 13 aromatic carbocycles. The van der Waals surface area contributed by atoms with Crippen molar-refractivity contribution < 1.29 is 4.42 Å². The van der Waals surface area contributed by atoms with Crippen LogP contribution in [-0.4, -0.2) is 0 Å². The van der Waals surface area contributed by atoms with Crippen LogP contribution >= 0.6 is 0 Å². The molecule has 0 radical (unpaired) electrons. The van der Waals surface area contributed by atoms with Crippen LogP contribution in [-0.2, 0) is 5.41 Å². The molecule has 0 unspecified atom stereocenters. The van der Waals surface area contributed by atoms with Crippen molar-refractivity contribution in [2.45, 2.75) is 5.41 Å². The van der Waals surface area contributed by atoms with Crippen LogP contribution in [0.1, 0.15) is 22.3 Å². The molecule has 1 heterocycles. The van der Waals surface area contributed by atoms with Crippen LogP contribution in [0.5, 0.6) is 0 Å². The van der Waals surface area contributed by atoms with Gasteiger partial charge in [0.15, 0.2) is 5.58 Å². The monoisotopic (exact) mass is 942 g/mol. The van der Waals surface area contributed by atoms with Crippen molar-refractivity contribution in [2.24, 2.45) is 0 Å². The number of furan rings is 1. The van der Waals surface area contributed by atoms with Crippen molar-refractivity contribution in [2.75, 3.05) is 9.80 Å². The van der Waals surface area contributed by atoms with Crippen LogP contribution in [0.25, 0.3) is 76.2 Å². The van der Waals surface area contributed by atoms with Crippen molar-refractivity contribution in [1.29, 1.82) is 0 Å². The zero-order valence-electron chi connectivity index (χ0n) is 40.4. The maximum absolute atomic E-state index is 6.94. The number of hydrogen-bond acceptors (Lipinski definition) is 3. The van der Waals surface area contributed by atoms with Crippen LogP contribution in [0.15, 0.2) is 283 Å². The lowest BCUT2D eigenvalue weighted by Crippen LogP contribution is -2.28. The predicted octanol–water partition coefficient (Wildman–Crippen LogP) is 19.5. The number of benzene rings is 13.